The van der Waals surface area contributed by atoms with Crippen LogP contribution in [0.15, 0.2) is 47.2 Å². The third kappa shape index (κ3) is 1.38. The van der Waals surface area contributed by atoms with E-state index in [0.717, 1.165) is 35.7 Å². The second-order valence-corrected chi connectivity index (χ2v) is 7.87. The van der Waals surface area contributed by atoms with Crippen molar-refractivity contribution in [1.29, 1.82) is 0 Å². The maximum absolute atomic E-state index is 12.0. The molecule has 0 radical (unpaired) electrons. The van der Waals surface area contributed by atoms with Crippen molar-refractivity contribution in [3.63, 3.8) is 0 Å². The minimum absolute atomic E-state index is 0.0390. The Labute approximate surface area is 137 Å². The van der Waals surface area contributed by atoms with Gasteiger partial charge in [0, 0.05) is 35.7 Å². The molecule has 2 saturated heterocycles. The van der Waals surface area contributed by atoms with Gasteiger partial charge in [-0.3, -0.25) is 4.79 Å². The van der Waals surface area contributed by atoms with E-state index in [1.807, 2.05) is 0 Å². The fraction of sp³-hybridized carbons (Fsp3) is 0.450. The number of nitrogens with one attached hydrogen (secondary N) is 1. The van der Waals surface area contributed by atoms with Crippen LogP contribution in [0.25, 0.3) is 0 Å². The Morgan fingerprint density at radius 1 is 1.35 bits per heavy atom. The average Bonchev–Trinajstić information content (AvgIpc) is 3.08. The van der Waals surface area contributed by atoms with Crippen molar-refractivity contribution in [2.45, 2.75) is 31.2 Å². The Morgan fingerprint density at radius 3 is 2.96 bits per heavy atom. The summed E-state index contributed by atoms with van der Waals surface area (Å²) in [6.07, 6.45) is 5.65. The first-order valence-electron chi connectivity index (χ1n) is 8.70. The van der Waals surface area contributed by atoms with Crippen LogP contribution in [-0.4, -0.2) is 36.9 Å². The summed E-state index contributed by atoms with van der Waals surface area (Å²) in [7, 11) is 2.42. The van der Waals surface area contributed by atoms with Crippen molar-refractivity contribution in [1.82, 2.24) is 0 Å². The normalized spacial score (nSPS) is 41.6. The third-order valence-electron chi connectivity index (χ3n) is 7.06. The standard InChI is InChI=1S/C20H22N2O/c1-3-13-11-22(2)9-8-20-16-6-4-5-7-17(16)21-19(20)15(12-23)14(13)10-18(20)22/h3-7,12,14,18H,8-11H2,1-2H3/p+1/b13-3+/t14-,18?,20?,22?/m0/s1. The number of allylic oxidation sites excluding steroid dienone is 2. The molecule has 1 aliphatic carbocycles. The van der Waals surface area contributed by atoms with Gasteiger partial charge < -0.3 is 9.80 Å². The number of para-hydroxylation sites is 1. The molecule has 2 fully saturated rings. The largest absolute Gasteiger partial charge is 0.357 e. The van der Waals surface area contributed by atoms with Crippen molar-refractivity contribution in [3.05, 3.63) is 52.7 Å². The second kappa shape index (κ2) is 4.15. The van der Waals surface area contributed by atoms with Gasteiger partial charge in [-0.25, -0.2) is 0 Å². The lowest BCUT2D eigenvalue weighted by molar-refractivity contribution is -0.923. The molecule has 4 aliphatic rings. The highest BCUT2D eigenvalue weighted by Crippen LogP contribution is 2.62. The molecule has 1 aromatic carbocycles. The van der Waals surface area contributed by atoms with Crippen molar-refractivity contribution < 1.29 is 9.28 Å². The van der Waals surface area contributed by atoms with E-state index in [1.54, 1.807) is 0 Å². The van der Waals surface area contributed by atoms with Gasteiger partial charge in [0.05, 0.1) is 19.0 Å². The molecular weight excluding hydrogens is 284 g/mol. The number of benzene rings is 1. The highest BCUT2D eigenvalue weighted by Gasteiger charge is 2.67. The summed E-state index contributed by atoms with van der Waals surface area (Å²) in [6.45, 7) is 4.42. The number of hydrogen-bond donors (Lipinski definition) is 1. The number of carbonyl (C=O) groups excluding carboxylic acids is 1. The molecule has 1 N–H and O–H groups in total. The molecule has 4 atom stereocenters. The molecule has 3 heteroatoms. The van der Waals surface area contributed by atoms with Gasteiger partial charge in [-0.05, 0) is 24.1 Å². The molecule has 3 nitrogen and oxygen atoms in total. The van der Waals surface area contributed by atoms with Gasteiger partial charge in [0.15, 0.2) is 0 Å². The Kier molecular flexibility index (Phi) is 2.45. The first-order valence-corrected chi connectivity index (χ1v) is 8.70. The molecule has 0 saturated carbocycles. The summed E-state index contributed by atoms with van der Waals surface area (Å²) in [4.78, 5) is 12.0. The lowest BCUT2D eigenvalue weighted by atomic mass is 9.61. The molecule has 2 bridgehead atoms. The van der Waals surface area contributed by atoms with E-state index in [9.17, 15) is 4.79 Å². The lowest BCUT2D eigenvalue weighted by Gasteiger charge is -2.51. The summed E-state index contributed by atoms with van der Waals surface area (Å²) in [5.74, 6) is 0.316. The molecule has 1 aromatic rings. The van der Waals surface area contributed by atoms with E-state index in [4.69, 9.17) is 0 Å². The highest BCUT2D eigenvalue weighted by molar-refractivity contribution is 5.84. The predicted octanol–water partition coefficient (Wildman–Crippen LogP) is 3.00. The number of likely N-dealkylation sites (N-methyl/N-ethyl adjacent to an activating group) is 1. The summed E-state index contributed by atoms with van der Waals surface area (Å²) in [5.41, 5.74) is 6.35. The molecule has 23 heavy (non-hydrogen) atoms. The number of nitrogens with zero attached hydrogens (tertiary/aromatic N) is 1. The quantitative estimate of drug-likeness (QED) is 0.491. The smallest absolute Gasteiger partial charge is 0.148 e. The number of quaternary nitrogens is 1. The van der Waals surface area contributed by atoms with Crippen LogP contribution < -0.4 is 5.32 Å². The monoisotopic (exact) mass is 307 g/mol. The number of fused-ring (bicyclic) bond motifs is 2. The van der Waals surface area contributed by atoms with E-state index in [0.29, 0.717) is 12.0 Å². The summed E-state index contributed by atoms with van der Waals surface area (Å²) in [6, 6.07) is 9.27. The van der Waals surface area contributed by atoms with Crippen LogP contribution in [0.4, 0.5) is 5.69 Å². The van der Waals surface area contributed by atoms with Gasteiger partial charge in [-0.15, -0.1) is 0 Å². The minimum atomic E-state index is 0.0390. The van der Waals surface area contributed by atoms with E-state index in [1.165, 1.54) is 29.1 Å². The number of piperidine rings is 1. The second-order valence-electron chi connectivity index (χ2n) is 7.87. The number of aldehydes is 1. The third-order valence-corrected chi connectivity index (χ3v) is 7.06. The van der Waals surface area contributed by atoms with Crippen molar-refractivity contribution >= 4 is 12.0 Å². The number of carbonyl (C=O) groups is 1. The topological polar surface area (TPSA) is 29.1 Å². The van der Waals surface area contributed by atoms with Crippen LogP contribution in [-0.2, 0) is 10.2 Å². The van der Waals surface area contributed by atoms with E-state index >= 15 is 0 Å². The first kappa shape index (κ1) is 13.6. The number of hydrogen-bond acceptors (Lipinski definition) is 2. The average molecular weight is 307 g/mol. The molecule has 118 valence electrons. The molecule has 1 spiro atoms. The van der Waals surface area contributed by atoms with Crippen molar-refractivity contribution in [2.24, 2.45) is 5.92 Å². The minimum Gasteiger partial charge on any atom is -0.357 e. The Hall–Kier alpha value is -1.87. The maximum Gasteiger partial charge on any atom is 0.148 e. The van der Waals surface area contributed by atoms with Crippen LogP contribution in [0.1, 0.15) is 25.3 Å². The fourth-order valence-corrected chi connectivity index (χ4v) is 6.07. The van der Waals surface area contributed by atoms with E-state index < -0.39 is 0 Å². The number of rotatable bonds is 1. The molecular formula is C20H23N2O+. The molecule has 0 aromatic heterocycles. The van der Waals surface area contributed by atoms with Crippen LogP contribution in [0.3, 0.4) is 0 Å². The lowest BCUT2D eigenvalue weighted by Crippen LogP contribution is -2.61. The van der Waals surface area contributed by atoms with Crippen LogP contribution >= 0.6 is 0 Å². The Balaban J connectivity index is 1.85. The van der Waals surface area contributed by atoms with Gasteiger partial charge in [-0.1, -0.05) is 24.3 Å². The highest BCUT2D eigenvalue weighted by atomic mass is 16.1. The zero-order valence-corrected chi connectivity index (χ0v) is 13.8. The zero-order valence-electron chi connectivity index (χ0n) is 13.8. The van der Waals surface area contributed by atoms with Crippen LogP contribution in [0.2, 0.25) is 0 Å². The van der Waals surface area contributed by atoms with Gasteiger partial charge in [0.25, 0.3) is 0 Å². The molecule has 3 heterocycles. The molecule has 5 rings (SSSR count). The summed E-state index contributed by atoms with van der Waals surface area (Å²) in [5, 5.41) is 3.66. The molecule has 3 aliphatic heterocycles. The van der Waals surface area contributed by atoms with Crippen LogP contribution in [0.5, 0.6) is 0 Å². The maximum atomic E-state index is 12.0. The van der Waals surface area contributed by atoms with Gasteiger partial charge in [0.2, 0.25) is 0 Å². The van der Waals surface area contributed by atoms with Crippen molar-refractivity contribution in [2.75, 3.05) is 25.5 Å². The van der Waals surface area contributed by atoms with Gasteiger partial charge in [-0.2, -0.15) is 0 Å². The first-order chi connectivity index (χ1) is 11.1. The number of anilines is 1. The van der Waals surface area contributed by atoms with Gasteiger partial charge >= 0.3 is 0 Å². The van der Waals surface area contributed by atoms with Crippen molar-refractivity contribution in [3.8, 4) is 0 Å². The van der Waals surface area contributed by atoms with Gasteiger partial charge in [0.1, 0.15) is 18.9 Å². The SMILES string of the molecule is C/C=C1\C[N+]2(C)CCC34C(=C(C=O)[C@H]1CC32)Nc1ccccc14. The Morgan fingerprint density at radius 2 is 2.17 bits per heavy atom. The predicted molar refractivity (Wildman–Crippen MR) is 91.0 cm³/mol. The van der Waals surface area contributed by atoms with E-state index in [2.05, 4.69) is 49.6 Å². The van der Waals surface area contributed by atoms with Crippen LogP contribution in [0, 0.1) is 5.92 Å². The fourth-order valence-electron chi connectivity index (χ4n) is 6.07. The zero-order chi connectivity index (χ0) is 15.8. The van der Waals surface area contributed by atoms with E-state index in [-0.39, 0.29) is 5.41 Å². The molecule has 0 amide bonds. The summed E-state index contributed by atoms with van der Waals surface area (Å²) >= 11 is 0. The summed E-state index contributed by atoms with van der Waals surface area (Å²) < 4.78 is 1.13. The Bertz CT molecular complexity index is 793. The molecule has 3 unspecified atom stereocenters.